The lowest BCUT2D eigenvalue weighted by Crippen LogP contribution is -2.28. The summed E-state index contributed by atoms with van der Waals surface area (Å²) >= 11 is 3.33. The van der Waals surface area contributed by atoms with Gasteiger partial charge >= 0.3 is 0 Å². The van der Waals surface area contributed by atoms with Gasteiger partial charge in [0.15, 0.2) is 0 Å². The molecule has 4 heteroatoms. The average Bonchev–Trinajstić information content (AvgIpc) is 2.20. The molecule has 0 spiro atoms. The van der Waals surface area contributed by atoms with Gasteiger partial charge in [-0.15, -0.1) is 0 Å². The van der Waals surface area contributed by atoms with E-state index in [2.05, 4.69) is 15.9 Å². The summed E-state index contributed by atoms with van der Waals surface area (Å²) < 4.78 is 1.01. The Morgan fingerprint density at radius 3 is 2.50 bits per heavy atom. The van der Waals surface area contributed by atoms with Crippen LogP contribution in [0.4, 0.5) is 0 Å². The molecule has 0 aromatic heterocycles. The number of aliphatic hydroxyl groups excluding tert-OH is 1. The van der Waals surface area contributed by atoms with Gasteiger partial charge in [0.1, 0.15) is 6.61 Å². The number of benzene rings is 1. The molecule has 76 valence electrons. The molecule has 14 heavy (non-hydrogen) atoms. The maximum Gasteiger partial charge on any atom is 0.248 e. The lowest BCUT2D eigenvalue weighted by Gasteiger charge is -2.15. The Kier molecular flexibility index (Phi) is 4.10. The first-order valence-electron chi connectivity index (χ1n) is 4.22. The number of hydrogen-bond donors (Lipinski definition) is 1. The highest BCUT2D eigenvalue weighted by molar-refractivity contribution is 9.10. The van der Waals surface area contributed by atoms with Gasteiger partial charge in [-0.05, 0) is 17.7 Å². The summed E-state index contributed by atoms with van der Waals surface area (Å²) in [6.07, 6.45) is 0. The predicted molar refractivity (Wildman–Crippen MR) is 57.7 cm³/mol. The standard InChI is InChI=1S/C10H12BrNO2/c1-12(10(14)7-13)6-8-2-4-9(11)5-3-8/h2-5,13H,6-7H2,1H3. The number of aliphatic hydroxyl groups is 1. The van der Waals surface area contributed by atoms with Crippen molar-refractivity contribution < 1.29 is 9.90 Å². The molecule has 1 amide bonds. The Balaban J connectivity index is 2.60. The van der Waals surface area contributed by atoms with Crippen molar-refractivity contribution in [1.82, 2.24) is 4.90 Å². The second-order valence-corrected chi connectivity index (χ2v) is 3.95. The molecule has 1 N–H and O–H groups in total. The van der Waals surface area contributed by atoms with Gasteiger partial charge in [-0.2, -0.15) is 0 Å². The highest BCUT2D eigenvalue weighted by Crippen LogP contribution is 2.11. The molecule has 0 bridgehead atoms. The number of carbonyl (C=O) groups excluding carboxylic acids is 1. The van der Waals surface area contributed by atoms with E-state index in [0.717, 1.165) is 10.0 Å². The van der Waals surface area contributed by atoms with Gasteiger partial charge in [0.2, 0.25) is 5.91 Å². The minimum Gasteiger partial charge on any atom is -0.387 e. The van der Waals surface area contributed by atoms with Crippen molar-refractivity contribution in [1.29, 1.82) is 0 Å². The van der Waals surface area contributed by atoms with Crippen molar-refractivity contribution in [3.05, 3.63) is 34.3 Å². The van der Waals surface area contributed by atoms with E-state index in [1.807, 2.05) is 24.3 Å². The third-order valence-corrected chi connectivity index (χ3v) is 2.42. The number of carbonyl (C=O) groups is 1. The van der Waals surface area contributed by atoms with Crippen LogP contribution in [-0.2, 0) is 11.3 Å². The van der Waals surface area contributed by atoms with Gasteiger partial charge in [0, 0.05) is 18.1 Å². The average molecular weight is 258 g/mol. The van der Waals surface area contributed by atoms with Crippen molar-refractivity contribution in [3.8, 4) is 0 Å². The Morgan fingerprint density at radius 2 is 2.00 bits per heavy atom. The quantitative estimate of drug-likeness (QED) is 0.890. The number of amides is 1. The lowest BCUT2D eigenvalue weighted by molar-refractivity contribution is -0.133. The minimum atomic E-state index is -0.437. The molecule has 0 saturated heterocycles. The van der Waals surface area contributed by atoms with E-state index in [-0.39, 0.29) is 5.91 Å². The zero-order valence-electron chi connectivity index (χ0n) is 7.90. The molecule has 0 aliphatic rings. The normalized spacial score (nSPS) is 9.93. The number of nitrogens with zero attached hydrogens (tertiary/aromatic N) is 1. The van der Waals surface area contributed by atoms with Crippen LogP contribution in [0, 0.1) is 0 Å². The van der Waals surface area contributed by atoms with Crippen LogP contribution in [0.1, 0.15) is 5.56 Å². The molecule has 1 rings (SSSR count). The fourth-order valence-electron chi connectivity index (χ4n) is 1.07. The molecule has 0 atom stereocenters. The van der Waals surface area contributed by atoms with E-state index in [0.29, 0.717) is 6.54 Å². The number of halogens is 1. The molecule has 1 aromatic carbocycles. The molecule has 0 aliphatic heterocycles. The van der Waals surface area contributed by atoms with Gasteiger partial charge in [-0.3, -0.25) is 4.79 Å². The Labute approximate surface area is 91.5 Å². The van der Waals surface area contributed by atoms with E-state index in [9.17, 15) is 4.79 Å². The summed E-state index contributed by atoms with van der Waals surface area (Å²) in [7, 11) is 1.67. The molecule has 0 saturated carbocycles. The fourth-order valence-corrected chi connectivity index (χ4v) is 1.34. The first-order chi connectivity index (χ1) is 6.63. The van der Waals surface area contributed by atoms with E-state index in [4.69, 9.17) is 5.11 Å². The summed E-state index contributed by atoms with van der Waals surface area (Å²) in [5, 5.41) is 8.63. The monoisotopic (exact) mass is 257 g/mol. The minimum absolute atomic E-state index is 0.270. The lowest BCUT2D eigenvalue weighted by atomic mass is 10.2. The van der Waals surface area contributed by atoms with Crippen LogP contribution >= 0.6 is 15.9 Å². The van der Waals surface area contributed by atoms with Crippen molar-refractivity contribution in [2.24, 2.45) is 0 Å². The predicted octanol–water partition coefficient (Wildman–Crippen LogP) is 1.40. The topological polar surface area (TPSA) is 40.5 Å². The molecule has 0 fully saturated rings. The van der Waals surface area contributed by atoms with Crippen LogP contribution in [0.2, 0.25) is 0 Å². The molecule has 0 unspecified atom stereocenters. The van der Waals surface area contributed by atoms with Crippen molar-refractivity contribution >= 4 is 21.8 Å². The fraction of sp³-hybridized carbons (Fsp3) is 0.300. The van der Waals surface area contributed by atoms with Crippen LogP contribution < -0.4 is 0 Å². The highest BCUT2D eigenvalue weighted by atomic mass is 79.9. The van der Waals surface area contributed by atoms with Crippen molar-refractivity contribution in [3.63, 3.8) is 0 Å². The van der Waals surface area contributed by atoms with Crippen LogP contribution in [0.25, 0.3) is 0 Å². The van der Waals surface area contributed by atoms with Crippen LogP contribution in [-0.4, -0.2) is 29.6 Å². The Morgan fingerprint density at radius 1 is 1.43 bits per heavy atom. The number of likely N-dealkylation sites (N-methyl/N-ethyl adjacent to an activating group) is 1. The van der Waals surface area contributed by atoms with Crippen molar-refractivity contribution in [2.45, 2.75) is 6.54 Å². The second-order valence-electron chi connectivity index (χ2n) is 3.03. The summed E-state index contributed by atoms with van der Waals surface area (Å²) in [6.45, 7) is 0.0830. The summed E-state index contributed by atoms with van der Waals surface area (Å²) in [6, 6.07) is 7.72. The first kappa shape index (κ1) is 11.2. The summed E-state index contributed by atoms with van der Waals surface area (Å²) in [5.74, 6) is -0.270. The molecular weight excluding hydrogens is 246 g/mol. The van der Waals surface area contributed by atoms with E-state index in [1.165, 1.54) is 4.90 Å². The third-order valence-electron chi connectivity index (χ3n) is 1.89. The van der Waals surface area contributed by atoms with Gasteiger partial charge in [-0.25, -0.2) is 0 Å². The van der Waals surface area contributed by atoms with Gasteiger partial charge < -0.3 is 10.0 Å². The maximum absolute atomic E-state index is 11.0. The number of hydrogen-bond acceptors (Lipinski definition) is 2. The SMILES string of the molecule is CN(Cc1ccc(Br)cc1)C(=O)CO. The summed E-state index contributed by atoms with van der Waals surface area (Å²) in [4.78, 5) is 12.5. The van der Waals surface area contributed by atoms with Gasteiger partial charge in [-0.1, -0.05) is 28.1 Å². The largest absolute Gasteiger partial charge is 0.387 e. The van der Waals surface area contributed by atoms with Crippen molar-refractivity contribution in [2.75, 3.05) is 13.7 Å². The smallest absolute Gasteiger partial charge is 0.248 e. The molecule has 1 aromatic rings. The van der Waals surface area contributed by atoms with E-state index >= 15 is 0 Å². The van der Waals surface area contributed by atoms with Gasteiger partial charge in [0.25, 0.3) is 0 Å². The molecule has 0 aliphatic carbocycles. The zero-order valence-corrected chi connectivity index (χ0v) is 9.49. The Bertz CT molecular complexity index is 310. The molecule has 0 radical (unpaired) electrons. The number of rotatable bonds is 3. The summed E-state index contributed by atoms with van der Waals surface area (Å²) in [5.41, 5.74) is 1.04. The maximum atomic E-state index is 11.0. The second kappa shape index (κ2) is 5.12. The van der Waals surface area contributed by atoms with E-state index in [1.54, 1.807) is 7.05 Å². The van der Waals surface area contributed by atoms with E-state index < -0.39 is 6.61 Å². The first-order valence-corrected chi connectivity index (χ1v) is 5.02. The molecule has 3 nitrogen and oxygen atoms in total. The van der Waals surface area contributed by atoms with Crippen LogP contribution in [0.5, 0.6) is 0 Å². The van der Waals surface area contributed by atoms with Crippen LogP contribution in [0.15, 0.2) is 28.7 Å². The highest BCUT2D eigenvalue weighted by Gasteiger charge is 2.06. The zero-order chi connectivity index (χ0) is 10.6. The molecule has 0 heterocycles. The van der Waals surface area contributed by atoms with Gasteiger partial charge in [0.05, 0.1) is 0 Å². The molecular formula is C10H12BrNO2. The third kappa shape index (κ3) is 3.12. The Hall–Kier alpha value is -0.870. The van der Waals surface area contributed by atoms with Crippen LogP contribution in [0.3, 0.4) is 0 Å².